The number of benzene rings is 2. The number of thiophene rings is 2. The Morgan fingerprint density at radius 1 is 0.600 bits per heavy atom. The van der Waals surface area contributed by atoms with E-state index in [1.165, 1.54) is 12.1 Å². The third-order valence-corrected chi connectivity index (χ3v) is 16.9. The van der Waals surface area contributed by atoms with E-state index in [-0.39, 0.29) is 32.6 Å². The number of rotatable bonds is 15. The zero-order chi connectivity index (χ0) is 42.7. The number of aromatic nitrogens is 4. The fourth-order valence-electron chi connectivity index (χ4n) is 8.03. The van der Waals surface area contributed by atoms with Crippen LogP contribution in [0.1, 0.15) is 97.4 Å². The van der Waals surface area contributed by atoms with Crippen LogP contribution in [0, 0.1) is 0 Å². The average Bonchev–Trinajstić information content (AvgIpc) is 3.98. The van der Waals surface area contributed by atoms with Crippen molar-refractivity contribution in [1.82, 2.24) is 19.6 Å². The van der Waals surface area contributed by atoms with Gasteiger partial charge in [-0.25, -0.2) is 18.1 Å². The minimum Gasteiger partial charge on any atom is -0.281 e. The molecule has 2 aliphatic carbocycles. The summed E-state index contributed by atoms with van der Waals surface area (Å²) < 4.78 is 102. The number of fused-ring (bicyclic) bond motifs is 6. The maximum atomic E-state index is 16.1. The molecular formula is C40H36Cl4F2N4O6S4. The number of aryl methyl sites for hydroxylation is 2. The highest BCUT2D eigenvalue weighted by Crippen LogP contribution is 2.48. The standard InChI is InChI=1S/C40H36Cl4F2N4O6S4/c41-23-11-15-31(27(43)19-23)49-37-25(13-9-21-17-33(57-39(21)37)59(51,52)53)35(47-49)29(45)7-5-3-1-2-4-6-8-30(46)36-26-14-10-22-18-34(60(54,55)56)58-40(22)38(26)50(48-36)32-16-12-24(42)20-28(32)44/h11-12,15-20,29-30H,1-10,13-14H2,(H,51,52,53)(H,54,55,56). The maximum absolute atomic E-state index is 16.1. The smallest absolute Gasteiger partial charge is 0.281 e. The Morgan fingerprint density at radius 3 is 1.35 bits per heavy atom. The molecule has 8 rings (SSSR count). The van der Waals surface area contributed by atoms with E-state index in [0.29, 0.717) is 102 Å². The molecule has 60 heavy (non-hydrogen) atoms. The second-order valence-electron chi connectivity index (χ2n) is 14.9. The summed E-state index contributed by atoms with van der Waals surface area (Å²) in [6.07, 6.45) is 3.80. The van der Waals surface area contributed by atoms with Crippen LogP contribution in [0.5, 0.6) is 0 Å². The van der Waals surface area contributed by atoms with Gasteiger partial charge in [0.15, 0.2) is 0 Å². The lowest BCUT2D eigenvalue weighted by Crippen LogP contribution is -2.05. The van der Waals surface area contributed by atoms with Crippen molar-refractivity contribution in [3.63, 3.8) is 0 Å². The van der Waals surface area contributed by atoms with Crippen molar-refractivity contribution in [2.45, 2.75) is 97.8 Å². The summed E-state index contributed by atoms with van der Waals surface area (Å²) >= 11 is 27.3. The molecule has 20 heteroatoms. The van der Waals surface area contributed by atoms with Crippen molar-refractivity contribution < 1.29 is 34.7 Å². The molecule has 0 bridgehead atoms. The summed E-state index contributed by atoms with van der Waals surface area (Å²) in [5.74, 6) is 0. The highest BCUT2D eigenvalue weighted by atomic mass is 35.5. The Balaban J connectivity index is 0.903. The number of hydrogen-bond donors (Lipinski definition) is 2. The largest absolute Gasteiger partial charge is 0.304 e. The first-order valence-corrected chi connectivity index (χ1v) is 25.2. The number of halogens is 6. The van der Waals surface area contributed by atoms with Crippen LogP contribution in [-0.4, -0.2) is 45.5 Å². The van der Waals surface area contributed by atoms with E-state index in [1.807, 2.05) is 0 Å². The molecule has 318 valence electrons. The van der Waals surface area contributed by atoms with E-state index in [2.05, 4.69) is 0 Å². The van der Waals surface area contributed by atoms with E-state index in [0.717, 1.165) is 59.5 Å². The molecule has 6 aromatic rings. The van der Waals surface area contributed by atoms with Gasteiger partial charge in [-0.3, -0.25) is 9.11 Å². The van der Waals surface area contributed by atoms with Gasteiger partial charge in [0.2, 0.25) is 0 Å². The summed E-state index contributed by atoms with van der Waals surface area (Å²) in [4.78, 5) is 1.17. The Labute approximate surface area is 373 Å². The maximum Gasteiger partial charge on any atom is 0.304 e. The molecule has 0 fully saturated rings. The van der Waals surface area contributed by atoms with E-state index >= 15 is 8.78 Å². The molecule has 4 aromatic heterocycles. The fourth-order valence-corrected chi connectivity index (χ4v) is 12.9. The van der Waals surface area contributed by atoms with Crippen molar-refractivity contribution in [1.29, 1.82) is 0 Å². The predicted molar refractivity (Wildman–Crippen MR) is 233 cm³/mol. The first kappa shape index (κ1) is 43.7. The van der Waals surface area contributed by atoms with Crippen LogP contribution in [0.3, 0.4) is 0 Å². The van der Waals surface area contributed by atoms with Crippen LogP contribution in [0.4, 0.5) is 8.78 Å². The first-order valence-electron chi connectivity index (χ1n) is 19.1. The molecule has 0 aliphatic heterocycles. The minimum absolute atomic E-state index is 0.193. The van der Waals surface area contributed by atoms with Crippen LogP contribution in [-0.2, 0) is 45.9 Å². The van der Waals surface area contributed by atoms with Gasteiger partial charge < -0.3 is 0 Å². The molecule has 0 amide bonds. The topological polar surface area (TPSA) is 144 Å². The lowest BCUT2D eigenvalue weighted by molar-refractivity contribution is 0.298. The normalized spacial score (nSPS) is 14.7. The first-order chi connectivity index (χ1) is 28.5. The molecule has 2 aliphatic rings. The number of nitrogens with zero attached hydrogens (tertiary/aromatic N) is 4. The van der Waals surface area contributed by atoms with Crippen LogP contribution >= 0.6 is 69.1 Å². The Bertz CT molecular complexity index is 2670. The van der Waals surface area contributed by atoms with Crippen molar-refractivity contribution in [3.05, 3.63) is 102 Å². The quantitative estimate of drug-likeness (QED) is 0.0764. The van der Waals surface area contributed by atoms with Crippen molar-refractivity contribution in [3.8, 4) is 32.5 Å². The molecule has 0 saturated carbocycles. The van der Waals surface area contributed by atoms with Crippen molar-refractivity contribution in [2.24, 2.45) is 0 Å². The van der Waals surface area contributed by atoms with Gasteiger partial charge in [-0.1, -0.05) is 84.9 Å². The van der Waals surface area contributed by atoms with Crippen LogP contribution in [0.2, 0.25) is 20.1 Å². The lowest BCUT2D eigenvalue weighted by Gasteiger charge is -2.16. The van der Waals surface area contributed by atoms with Gasteiger partial charge in [0.25, 0.3) is 0 Å². The van der Waals surface area contributed by atoms with Gasteiger partial charge in [0.05, 0.1) is 42.6 Å². The van der Waals surface area contributed by atoms with E-state index in [4.69, 9.17) is 56.6 Å². The van der Waals surface area contributed by atoms with Crippen LogP contribution < -0.4 is 0 Å². The highest BCUT2D eigenvalue weighted by Gasteiger charge is 2.35. The SMILES string of the molecule is O=S(=O)(O)c1cc2c(s1)-c1c(c(C(F)CCCCCCCCC(F)c3nn(-c4ccc(Cl)cc4Cl)c4c3CCc3cc(S(=O)(=O)O)sc3-4)nn1-c1ccc(Cl)cc1Cl)CC2. The number of alkyl halides is 2. The van der Waals surface area contributed by atoms with Crippen LogP contribution in [0.25, 0.3) is 32.5 Å². The summed E-state index contributed by atoms with van der Waals surface area (Å²) in [6.45, 7) is 0. The fraction of sp³-hybridized carbons (Fsp3) is 0.350. The summed E-state index contributed by atoms with van der Waals surface area (Å²) in [5, 5.41) is 10.8. The zero-order valence-corrected chi connectivity index (χ0v) is 37.8. The number of hydrogen-bond acceptors (Lipinski definition) is 8. The second kappa shape index (κ2) is 17.3. The summed E-state index contributed by atoms with van der Waals surface area (Å²) in [6, 6.07) is 12.6. The highest BCUT2D eigenvalue weighted by molar-refractivity contribution is 7.88. The molecule has 4 heterocycles. The molecular weight excluding hydrogens is 941 g/mol. The molecule has 0 radical (unpaired) electrons. The van der Waals surface area contributed by atoms with Gasteiger partial charge in [-0.05, 0) is 98.2 Å². The van der Waals surface area contributed by atoms with E-state index in [1.54, 1.807) is 45.8 Å². The van der Waals surface area contributed by atoms with Crippen molar-refractivity contribution in [2.75, 3.05) is 0 Å². The molecule has 2 N–H and O–H groups in total. The summed E-state index contributed by atoms with van der Waals surface area (Å²) in [7, 11) is -8.90. The lowest BCUT2D eigenvalue weighted by atomic mass is 9.92. The predicted octanol–water partition coefficient (Wildman–Crippen LogP) is 12.7. The number of unbranched alkanes of at least 4 members (excludes halogenated alkanes) is 5. The molecule has 2 aromatic carbocycles. The molecule has 10 nitrogen and oxygen atoms in total. The van der Waals surface area contributed by atoms with E-state index < -0.39 is 32.6 Å². The summed E-state index contributed by atoms with van der Waals surface area (Å²) in [5.41, 5.74) is 5.36. The monoisotopic (exact) mass is 974 g/mol. The molecule has 0 spiro atoms. The van der Waals surface area contributed by atoms with E-state index in [9.17, 15) is 25.9 Å². The molecule has 2 unspecified atom stereocenters. The van der Waals surface area contributed by atoms with Gasteiger partial charge in [0, 0.05) is 21.2 Å². The Morgan fingerprint density at radius 2 is 0.983 bits per heavy atom. The second-order valence-corrected chi connectivity index (χ2v) is 22.0. The Hall–Kier alpha value is -2.90. The Kier molecular flexibility index (Phi) is 12.6. The van der Waals surface area contributed by atoms with Gasteiger partial charge in [-0.2, -0.15) is 27.0 Å². The molecule has 0 saturated heterocycles. The van der Waals surface area contributed by atoms with Crippen LogP contribution in [0.15, 0.2) is 56.9 Å². The third-order valence-electron chi connectivity index (χ3n) is 10.9. The average molecular weight is 977 g/mol. The zero-order valence-electron chi connectivity index (χ0n) is 31.5. The third kappa shape index (κ3) is 8.71. The van der Waals surface area contributed by atoms with Gasteiger partial charge in [0.1, 0.15) is 32.1 Å². The minimum atomic E-state index is -4.45. The molecule has 2 atom stereocenters. The van der Waals surface area contributed by atoms with Gasteiger partial charge in [-0.15, -0.1) is 22.7 Å². The van der Waals surface area contributed by atoms with Crippen molar-refractivity contribution >= 4 is 89.3 Å². The van der Waals surface area contributed by atoms with Gasteiger partial charge >= 0.3 is 20.2 Å².